The molecule has 1 fully saturated rings. The third-order valence-electron chi connectivity index (χ3n) is 6.19. The van der Waals surface area contributed by atoms with E-state index in [1.807, 2.05) is 18.3 Å². The molecule has 0 N–H and O–H groups in total. The van der Waals surface area contributed by atoms with Crippen molar-refractivity contribution >= 4 is 11.5 Å². The van der Waals surface area contributed by atoms with E-state index in [0.717, 1.165) is 71.8 Å². The van der Waals surface area contributed by atoms with Crippen molar-refractivity contribution in [3.63, 3.8) is 0 Å². The largest absolute Gasteiger partial charge is 0.378 e. The first-order valence-corrected chi connectivity index (χ1v) is 10.7. The Morgan fingerprint density at radius 3 is 2.68 bits per heavy atom. The molecule has 6 heterocycles. The SMILES string of the molecule is CN1CCn2ncc(C3=c4nc(N5CCOCC5)nc(-c5ccncc5)c4=NC3)c2C1. The molecule has 3 aliphatic heterocycles. The Kier molecular flexibility index (Phi) is 4.50. The van der Waals surface area contributed by atoms with Gasteiger partial charge in [0.2, 0.25) is 5.95 Å². The summed E-state index contributed by atoms with van der Waals surface area (Å²) in [5.41, 5.74) is 5.40. The lowest BCUT2D eigenvalue weighted by atomic mass is 10.1. The minimum Gasteiger partial charge on any atom is -0.378 e. The summed E-state index contributed by atoms with van der Waals surface area (Å²) in [5, 5.41) is 6.44. The molecule has 9 nitrogen and oxygen atoms in total. The van der Waals surface area contributed by atoms with Crippen LogP contribution in [0.15, 0.2) is 35.7 Å². The summed E-state index contributed by atoms with van der Waals surface area (Å²) >= 11 is 0. The van der Waals surface area contributed by atoms with Crippen molar-refractivity contribution in [3.05, 3.63) is 52.7 Å². The molecule has 0 amide bonds. The summed E-state index contributed by atoms with van der Waals surface area (Å²) in [4.78, 5) is 23.6. The fourth-order valence-corrected chi connectivity index (χ4v) is 4.49. The summed E-state index contributed by atoms with van der Waals surface area (Å²) in [6.07, 6.45) is 5.57. The van der Waals surface area contributed by atoms with Crippen molar-refractivity contribution < 1.29 is 4.74 Å². The smallest absolute Gasteiger partial charge is 0.226 e. The second kappa shape index (κ2) is 7.51. The average molecular weight is 416 g/mol. The molecule has 0 saturated carbocycles. The minimum absolute atomic E-state index is 0.594. The van der Waals surface area contributed by atoms with Crippen molar-refractivity contribution in [2.45, 2.75) is 13.1 Å². The van der Waals surface area contributed by atoms with Crippen LogP contribution in [0.25, 0.3) is 16.8 Å². The minimum atomic E-state index is 0.594. The normalized spacial score (nSPS) is 18.6. The molecule has 3 aliphatic rings. The van der Waals surface area contributed by atoms with Crippen molar-refractivity contribution in [1.29, 1.82) is 0 Å². The molecular weight excluding hydrogens is 392 g/mol. The number of pyridine rings is 1. The molecule has 0 bridgehead atoms. The molecule has 0 spiro atoms. The summed E-state index contributed by atoms with van der Waals surface area (Å²) in [5.74, 6) is 0.738. The summed E-state index contributed by atoms with van der Waals surface area (Å²) in [6.45, 7) is 6.35. The summed E-state index contributed by atoms with van der Waals surface area (Å²) in [6, 6.07) is 3.96. The van der Waals surface area contributed by atoms with Crippen molar-refractivity contribution in [2.24, 2.45) is 4.99 Å². The third-order valence-corrected chi connectivity index (χ3v) is 6.19. The van der Waals surface area contributed by atoms with Crippen LogP contribution in [-0.4, -0.2) is 76.1 Å². The van der Waals surface area contributed by atoms with E-state index >= 15 is 0 Å². The molecule has 0 atom stereocenters. The number of fused-ring (bicyclic) bond motifs is 2. The number of hydrogen-bond donors (Lipinski definition) is 0. The monoisotopic (exact) mass is 416 g/mol. The molecule has 0 unspecified atom stereocenters. The van der Waals surface area contributed by atoms with E-state index in [4.69, 9.17) is 19.7 Å². The Balaban J connectivity index is 1.57. The van der Waals surface area contributed by atoms with Gasteiger partial charge in [0.25, 0.3) is 0 Å². The maximum absolute atomic E-state index is 5.54. The highest BCUT2D eigenvalue weighted by atomic mass is 16.5. The van der Waals surface area contributed by atoms with E-state index in [-0.39, 0.29) is 0 Å². The van der Waals surface area contributed by atoms with Crippen LogP contribution in [0.3, 0.4) is 0 Å². The van der Waals surface area contributed by atoms with Crippen LogP contribution in [0.1, 0.15) is 11.3 Å². The van der Waals surface area contributed by atoms with Gasteiger partial charge in [-0.05, 0) is 19.2 Å². The predicted molar refractivity (Wildman–Crippen MR) is 115 cm³/mol. The molecule has 158 valence electrons. The topological polar surface area (TPSA) is 84.6 Å². The fraction of sp³-hybridized carbons (Fsp3) is 0.409. The van der Waals surface area contributed by atoms with Crippen LogP contribution in [0.5, 0.6) is 0 Å². The van der Waals surface area contributed by atoms with Gasteiger partial charge in [-0.25, -0.2) is 9.97 Å². The van der Waals surface area contributed by atoms with Crippen molar-refractivity contribution in [2.75, 3.05) is 51.3 Å². The quantitative estimate of drug-likeness (QED) is 0.587. The Hall–Kier alpha value is -3.17. The van der Waals surface area contributed by atoms with E-state index in [1.54, 1.807) is 12.4 Å². The number of rotatable bonds is 3. The van der Waals surface area contributed by atoms with Gasteiger partial charge >= 0.3 is 0 Å². The van der Waals surface area contributed by atoms with E-state index in [1.165, 1.54) is 5.69 Å². The third kappa shape index (κ3) is 3.21. The van der Waals surface area contributed by atoms with E-state index < -0.39 is 0 Å². The molecule has 9 heteroatoms. The van der Waals surface area contributed by atoms with Crippen LogP contribution < -0.4 is 15.6 Å². The highest BCUT2D eigenvalue weighted by Gasteiger charge is 2.25. The van der Waals surface area contributed by atoms with Crippen LogP contribution >= 0.6 is 0 Å². The second-order valence-corrected chi connectivity index (χ2v) is 8.17. The number of anilines is 1. The van der Waals surface area contributed by atoms with E-state index in [0.29, 0.717) is 19.8 Å². The van der Waals surface area contributed by atoms with Crippen LogP contribution in [-0.2, 0) is 17.8 Å². The summed E-state index contributed by atoms with van der Waals surface area (Å²) < 4.78 is 7.66. The van der Waals surface area contributed by atoms with Gasteiger partial charge in [-0.1, -0.05) is 0 Å². The number of ether oxygens (including phenoxy) is 1. The lowest BCUT2D eigenvalue weighted by Gasteiger charge is -2.27. The van der Waals surface area contributed by atoms with Gasteiger partial charge in [-0.15, -0.1) is 0 Å². The van der Waals surface area contributed by atoms with Gasteiger partial charge in [-0.3, -0.25) is 19.6 Å². The molecule has 3 aromatic rings. The van der Waals surface area contributed by atoms with E-state index in [9.17, 15) is 0 Å². The van der Waals surface area contributed by atoms with Gasteiger partial charge in [0.15, 0.2) is 0 Å². The molecule has 0 aliphatic carbocycles. The molecule has 0 aromatic carbocycles. The Bertz CT molecular complexity index is 1250. The number of nitrogens with zero attached hydrogens (tertiary/aromatic N) is 8. The van der Waals surface area contributed by atoms with Gasteiger partial charge in [-0.2, -0.15) is 5.10 Å². The maximum Gasteiger partial charge on any atom is 0.226 e. The number of morpholine rings is 1. The molecule has 1 saturated heterocycles. The molecule has 6 rings (SSSR count). The highest BCUT2D eigenvalue weighted by Crippen LogP contribution is 2.23. The van der Waals surface area contributed by atoms with Gasteiger partial charge in [0.1, 0.15) is 16.4 Å². The van der Waals surface area contributed by atoms with Crippen molar-refractivity contribution in [1.82, 2.24) is 29.6 Å². The van der Waals surface area contributed by atoms with Crippen LogP contribution in [0, 0.1) is 0 Å². The second-order valence-electron chi connectivity index (χ2n) is 8.17. The lowest BCUT2D eigenvalue weighted by Crippen LogP contribution is -2.41. The number of likely N-dealkylation sites (N-methyl/N-ethyl adjacent to an activating group) is 1. The van der Waals surface area contributed by atoms with Gasteiger partial charge in [0, 0.05) is 55.3 Å². The van der Waals surface area contributed by atoms with Crippen LogP contribution in [0.2, 0.25) is 0 Å². The number of aromatic nitrogens is 5. The van der Waals surface area contributed by atoms with Crippen molar-refractivity contribution in [3.8, 4) is 11.3 Å². The first kappa shape index (κ1) is 18.6. The average Bonchev–Trinajstić information content (AvgIpc) is 3.43. The van der Waals surface area contributed by atoms with Crippen LogP contribution in [0.4, 0.5) is 5.95 Å². The van der Waals surface area contributed by atoms with E-state index in [2.05, 4.69) is 31.6 Å². The zero-order valence-electron chi connectivity index (χ0n) is 17.5. The molecule has 3 aromatic heterocycles. The first-order valence-electron chi connectivity index (χ1n) is 10.7. The maximum atomic E-state index is 5.54. The lowest BCUT2D eigenvalue weighted by molar-refractivity contribution is 0.122. The predicted octanol–water partition coefficient (Wildman–Crippen LogP) is -0.151. The van der Waals surface area contributed by atoms with Gasteiger partial charge < -0.3 is 9.64 Å². The number of hydrogen-bond acceptors (Lipinski definition) is 8. The molecule has 31 heavy (non-hydrogen) atoms. The summed E-state index contributed by atoms with van der Waals surface area (Å²) in [7, 11) is 2.15. The zero-order chi connectivity index (χ0) is 20.8. The molecule has 0 radical (unpaired) electrons. The van der Waals surface area contributed by atoms with Gasteiger partial charge in [0.05, 0.1) is 38.2 Å². The molecular formula is C22H24N8O. The first-order chi connectivity index (χ1) is 15.3. The highest BCUT2D eigenvalue weighted by molar-refractivity contribution is 5.71. The fourth-order valence-electron chi connectivity index (χ4n) is 4.49. The zero-order valence-corrected chi connectivity index (χ0v) is 17.5. The Morgan fingerprint density at radius 1 is 1.00 bits per heavy atom. The Labute approximate surface area is 179 Å². The Morgan fingerprint density at radius 2 is 1.84 bits per heavy atom. The standard InChI is InChI=1S/C22H24N8O/c1-28-6-7-30-18(14-28)16(13-25-30)17-12-24-21-19(15-2-4-23-5-3-15)26-22(27-20(17)21)29-8-10-31-11-9-29/h2-5,13H,6-12,14H2,1H3.